The van der Waals surface area contributed by atoms with Gasteiger partial charge in [0.15, 0.2) is 0 Å². The van der Waals surface area contributed by atoms with E-state index in [1.165, 1.54) is 6.07 Å². The lowest BCUT2D eigenvalue weighted by molar-refractivity contribution is 0.273. The molecule has 0 amide bonds. The molecule has 1 saturated heterocycles. The maximum Gasteiger partial charge on any atom is 0.129 e. The highest BCUT2D eigenvalue weighted by molar-refractivity contribution is 5.31. The first-order chi connectivity index (χ1) is 6.83. The Bertz CT molecular complexity index is 321. The summed E-state index contributed by atoms with van der Waals surface area (Å²) in [5.74, 6) is -0.307. The monoisotopic (exact) mass is 195 g/mol. The summed E-state index contributed by atoms with van der Waals surface area (Å²) in [6.07, 6.45) is 2.14. The van der Waals surface area contributed by atoms with Crippen molar-refractivity contribution in [3.05, 3.63) is 35.1 Å². The fraction of sp³-hybridized carbons (Fsp3) is 0.455. The molecule has 0 aromatic heterocycles. The van der Waals surface area contributed by atoms with Crippen LogP contribution in [0.25, 0.3) is 0 Å². The molecule has 2 nitrogen and oxygen atoms in total. The minimum Gasteiger partial charge on any atom is -0.392 e. The zero-order valence-corrected chi connectivity index (χ0v) is 7.96. The van der Waals surface area contributed by atoms with Gasteiger partial charge in [0.05, 0.1) is 6.61 Å². The normalized spacial score (nSPS) is 21.4. The minimum absolute atomic E-state index is 0.216. The molecule has 1 aromatic rings. The predicted molar refractivity (Wildman–Crippen MR) is 52.3 cm³/mol. The molecular weight excluding hydrogens is 181 g/mol. The summed E-state index contributed by atoms with van der Waals surface area (Å²) in [7, 11) is 0. The second-order valence-corrected chi connectivity index (χ2v) is 3.61. The largest absolute Gasteiger partial charge is 0.392 e. The van der Waals surface area contributed by atoms with Crippen molar-refractivity contribution in [2.24, 2.45) is 0 Å². The molecule has 2 N–H and O–H groups in total. The van der Waals surface area contributed by atoms with Crippen molar-refractivity contribution >= 4 is 0 Å². The Morgan fingerprint density at radius 3 is 3.00 bits per heavy atom. The Kier molecular flexibility index (Phi) is 2.79. The van der Waals surface area contributed by atoms with Crippen LogP contribution in [0.4, 0.5) is 4.39 Å². The summed E-state index contributed by atoms with van der Waals surface area (Å²) in [5, 5.41) is 12.4. The third kappa shape index (κ3) is 1.65. The number of hydrogen-bond donors (Lipinski definition) is 2. The lowest BCUT2D eigenvalue weighted by Crippen LogP contribution is -2.15. The van der Waals surface area contributed by atoms with Crippen molar-refractivity contribution in [2.45, 2.75) is 25.5 Å². The van der Waals surface area contributed by atoms with Gasteiger partial charge in [0, 0.05) is 11.6 Å². The fourth-order valence-electron chi connectivity index (χ4n) is 2.02. The number of nitrogens with one attached hydrogen (secondary N) is 1. The Labute approximate surface area is 82.8 Å². The van der Waals surface area contributed by atoms with E-state index in [0.29, 0.717) is 5.56 Å². The summed E-state index contributed by atoms with van der Waals surface area (Å²) in [4.78, 5) is 0. The molecule has 1 heterocycles. The molecule has 1 aromatic carbocycles. The first-order valence-corrected chi connectivity index (χ1v) is 4.94. The average molecular weight is 195 g/mol. The van der Waals surface area contributed by atoms with Gasteiger partial charge in [-0.05, 0) is 31.0 Å². The standard InChI is InChI=1S/C11H14FNO/c12-10-4-1-3-8(9(10)7-14)11-5-2-6-13-11/h1,3-4,11,13-14H,2,5-7H2. The maximum absolute atomic E-state index is 13.3. The molecule has 3 heteroatoms. The predicted octanol–water partition coefficient (Wildman–Crippen LogP) is 1.74. The van der Waals surface area contributed by atoms with Crippen LogP contribution in [0.3, 0.4) is 0 Å². The molecule has 0 bridgehead atoms. The SMILES string of the molecule is OCc1c(F)cccc1C1CCCN1. The van der Waals surface area contributed by atoms with Crippen LogP contribution >= 0.6 is 0 Å². The van der Waals surface area contributed by atoms with Crippen LogP contribution in [0.1, 0.15) is 30.0 Å². The van der Waals surface area contributed by atoms with Gasteiger partial charge in [0.2, 0.25) is 0 Å². The van der Waals surface area contributed by atoms with Crippen molar-refractivity contribution in [1.82, 2.24) is 5.32 Å². The zero-order valence-electron chi connectivity index (χ0n) is 7.96. The maximum atomic E-state index is 13.3. The highest BCUT2D eigenvalue weighted by Gasteiger charge is 2.20. The van der Waals surface area contributed by atoms with Crippen LogP contribution in [0.15, 0.2) is 18.2 Å². The average Bonchev–Trinajstić information content (AvgIpc) is 2.70. The fourth-order valence-corrected chi connectivity index (χ4v) is 2.02. The van der Waals surface area contributed by atoms with Gasteiger partial charge in [0.1, 0.15) is 5.82 Å². The summed E-state index contributed by atoms with van der Waals surface area (Å²) < 4.78 is 13.3. The molecule has 14 heavy (non-hydrogen) atoms. The number of rotatable bonds is 2. The Morgan fingerprint density at radius 2 is 2.36 bits per heavy atom. The number of benzene rings is 1. The van der Waals surface area contributed by atoms with Crippen LogP contribution in [-0.2, 0) is 6.61 Å². The topological polar surface area (TPSA) is 32.3 Å². The van der Waals surface area contributed by atoms with Crippen LogP contribution < -0.4 is 5.32 Å². The number of aliphatic hydroxyl groups is 1. The summed E-state index contributed by atoms with van der Waals surface area (Å²) in [5.41, 5.74) is 1.34. The molecule has 1 unspecified atom stereocenters. The number of hydrogen-bond acceptors (Lipinski definition) is 2. The van der Waals surface area contributed by atoms with Gasteiger partial charge in [-0.3, -0.25) is 0 Å². The first-order valence-electron chi connectivity index (χ1n) is 4.94. The van der Waals surface area contributed by atoms with Gasteiger partial charge >= 0.3 is 0 Å². The second kappa shape index (κ2) is 4.07. The quantitative estimate of drug-likeness (QED) is 0.753. The summed E-state index contributed by atoms with van der Waals surface area (Å²) >= 11 is 0. The van der Waals surface area contributed by atoms with E-state index in [4.69, 9.17) is 5.11 Å². The molecule has 1 atom stereocenters. The van der Waals surface area contributed by atoms with Crippen molar-refractivity contribution in [3.8, 4) is 0 Å². The van der Waals surface area contributed by atoms with E-state index in [-0.39, 0.29) is 18.5 Å². The molecular formula is C11H14FNO. The summed E-state index contributed by atoms with van der Waals surface area (Å²) in [6.45, 7) is 0.756. The third-order valence-electron chi connectivity index (χ3n) is 2.75. The third-order valence-corrected chi connectivity index (χ3v) is 2.75. The van der Waals surface area contributed by atoms with Gasteiger partial charge in [-0.2, -0.15) is 0 Å². The molecule has 1 fully saturated rings. The minimum atomic E-state index is -0.307. The van der Waals surface area contributed by atoms with Gasteiger partial charge in [0.25, 0.3) is 0 Å². The molecule has 0 saturated carbocycles. The van der Waals surface area contributed by atoms with Crippen LogP contribution in [-0.4, -0.2) is 11.7 Å². The Hall–Kier alpha value is -0.930. The first kappa shape index (κ1) is 9.62. The van der Waals surface area contributed by atoms with Crippen LogP contribution in [0.2, 0.25) is 0 Å². The van der Waals surface area contributed by atoms with E-state index >= 15 is 0 Å². The molecule has 0 radical (unpaired) electrons. The second-order valence-electron chi connectivity index (χ2n) is 3.61. The summed E-state index contributed by atoms with van der Waals surface area (Å²) in [6, 6.07) is 5.19. The molecule has 1 aliphatic rings. The Balaban J connectivity index is 2.35. The van der Waals surface area contributed by atoms with Crippen molar-refractivity contribution in [1.29, 1.82) is 0 Å². The van der Waals surface area contributed by atoms with Gasteiger partial charge in [-0.1, -0.05) is 12.1 Å². The van der Waals surface area contributed by atoms with Crippen LogP contribution in [0, 0.1) is 5.82 Å². The van der Waals surface area contributed by atoms with Crippen molar-refractivity contribution in [3.63, 3.8) is 0 Å². The van der Waals surface area contributed by atoms with Crippen molar-refractivity contribution in [2.75, 3.05) is 6.54 Å². The van der Waals surface area contributed by atoms with E-state index < -0.39 is 0 Å². The smallest absolute Gasteiger partial charge is 0.129 e. The van der Waals surface area contributed by atoms with E-state index in [1.807, 2.05) is 6.07 Å². The van der Waals surface area contributed by atoms with Crippen molar-refractivity contribution < 1.29 is 9.50 Å². The molecule has 0 aliphatic carbocycles. The lowest BCUT2D eigenvalue weighted by Gasteiger charge is -2.14. The van der Waals surface area contributed by atoms with E-state index in [9.17, 15) is 4.39 Å². The molecule has 2 rings (SSSR count). The van der Waals surface area contributed by atoms with E-state index in [2.05, 4.69) is 5.32 Å². The van der Waals surface area contributed by atoms with Gasteiger partial charge < -0.3 is 10.4 Å². The lowest BCUT2D eigenvalue weighted by atomic mass is 9.99. The van der Waals surface area contributed by atoms with Crippen LogP contribution in [0.5, 0.6) is 0 Å². The number of halogens is 1. The highest BCUT2D eigenvalue weighted by Crippen LogP contribution is 2.27. The van der Waals surface area contributed by atoms with Gasteiger partial charge in [-0.25, -0.2) is 4.39 Å². The molecule has 1 aliphatic heterocycles. The van der Waals surface area contributed by atoms with E-state index in [0.717, 1.165) is 24.9 Å². The molecule has 0 spiro atoms. The van der Waals surface area contributed by atoms with E-state index in [1.54, 1.807) is 6.07 Å². The zero-order chi connectivity index (χ0) is 9.97. The molecule has 76 valence electrons. The Morgan fingerprint density at radius 1 is 1.50 bits per heavy atom. The highest BCUT2D eigenvalue weighted by atomic mass is 19.1. The van der Waals surface area contributed by atoms with Gasteiger partial charge in [-0.15, -0.1) is 0 Å². The number of aliphatic hydroxyl groups excluding tert-OH is 1.